The molecule has 0 saturated heterocycles. The van der Waals surface area contributed by atoms with Crippen molar-refractivity contribution in [2.45, 2.75) is 32.7 Å². The van der Waals surface area contributed by atoms with Crippen LogP contribution in [0.5, 0.6) is 0 Å². The minimum Gasteiger partial charge on any atom is -0.310 e. The first-order valence-electron chi connectivity index (χ1n) is 8.58. The van der Waals surface area contributed by atoms with Gasteiger partial charge in [0.15, 0.2) is 0 Å². The number of para-hydroxylation sites is 1. The van der Waals surface area contributed by atoms with Crippen molar-refractivity contribution in [2.24, 2.45) is 0 Å². The second-order valence-electron chi connectivity index (χ2n) is 6.41. The van der Waals surface area contributed by atoms with Gasteiger partial charge in [0.05, 0.1) is 17.1 Å². The summed E-state index contributed by atoms with van der Waals surface area (Å²) in [5, 5.41) is 3.69. The van der Waals surface area contributed by atoms with E-state index in [-0.39, 0.29) is 11.9 Å². The standard InChI is InChI=1S/C21H21ClN2OS/c1-15(2)24(19-9-4-3-5-10-19)21(25)13-18-14-26-20(23-18)12-16-7-6-8-17(22)11-16/h3-11,14-15H,12-13H2,1-2H3. The zero-order valence-corrected chi connectivity index (χ0v) is 16.4. The van der Waals surface area contributed by atoms with Crippen molar-refractivity contribution in [2.75, 3.05) is 4.90 Å². The van der Waals surface area contributed by atoms with Crippen LogP contribution in [0.15, 0.2) is 60.0 Å². The Kier molecular flexibility index (Phi) is 6.07. The van der Waals surface area contributed by atoms with Crippen LogP contribution in [-0.2, 0) is 17.6 Å². The SMILES string of the molecule is CC(C)N(C(=O)Cc1csc(Cc2cccc(Cl)c2)n1)c1ccccc1. The predicted molar refractivity (Wildman–Crippen MR) is 109 cm³/mol. The first-order valence-corrected chi connectivity index (χ1v) is 9.83. The lowest BCUT2D eigenvalue weighted by molar-refractivity contribution is -0.118. The number of carbonyl (C=O) groups excluding carboxylic acids is 1. The number of benzene rings is 2. The summed E-state index contributed by atoms with van der Waals surface area (Å²) in [6, 6.07) is 17.7. The molecule has 3 nitrogen and oxygen atoms in total. The minimum atomic E-state index is 0.0609. The summed E-state index contributed by atoms with van der Waals surface area (Å²) in [5.74, 6) is 0.0609. The lowest BCUT2D eigenvalue weighted by atomic mass is 10.1. The third-order valence-electron chi connectivity index (χ3n) is 4.00. The molecule has 0 atom stereocenters. The van der Waals surface area contributed by atoms with E-state index >= 15 is 0 Å². The van der Waals surface area contributed by atoms with Gasteiger partial charge in [-0.15, -0.1) is 11.3 Å². The zero-order valence-electron chi connectivity index (χ0n) is 14.9. The van der Waals surface area contributed by atoms with Gasteiger partial charge in [0, 0.05) is 28.6 Å². The maximum Gasteiger partial charge on any atom is 0.233 e. The molecule has 0 fully saturated rings. The number of halogens is 1. The van der Waals surface area contributed by atoms with E-state index in [2.05, 4.69) is 4.98 Å². The number of hydrogen-bond acceptors (Lipinski definition) is 3. The topological polar surface area (TPSA) is 33.2 Å². The Labute approximate surface area is 163 Å². The van der Waals surface area contributed by atoms with Crippen LogP contribution in [0, 0.1) is 0 Å². The molecule has 0 aliphatic heterocycles. The van der Waals surface area contributed by atoms with Crippen molar-refractivity contribution in [3.05, 3.63) is 81.3 Å². The smallest absolute Gasteiger partial charge is 0.233 e. The lowest BCUT2D eigenvalue weighted by Gasteiger charge is -2.26. The monoisotopic (exact) mass is 384 g/mol. The summed E-state index contributed by atoms with van der Waals surface area (Å²) >= 11 is 7.62. The van der Waals surface area contributed by atoms with E-state index in [4.69, 9.17) is 11.6 Å². The fraction of sp³-hybridized carbons (Fsp3) is 0.238. The van der Waals surface area contributed by atoms with E-state index in [1.165, 1.54) is 0 Å². The summed E-state index contributed by atoms with van der Waals surface area (Å²) < 4.78 is 0. The summed E-state index contributed by atoms with van der Waals surface area (Å²) in [6.07, 6.45) is 1.03. The van der Waals surface area contributed by atoms with E-state index in [1.54, 1.807) is 11.3 Å². The van der Waals surface area contributed by atoms with Gasteiger partial charge in [0.25, 0.3) is 0 Å². The Morgan fingerprint density at radius 1 is 1.15 bits per heavy atom. The number of hydrogen-bond donors (Lipinski definition) is 0. The molecule has 2 aromatic carbocycles. The van der Waals surface area contributed by atoms with Crippen LogP contribution in [0.4, 0.5) is 5.69 Å². The molecule has 0 aliphatic carbocycles. The van der Waals surface area contributed by atoms with Crippen molar-refractivity contribution in [3.63, 3.8) is 0 Å². The molecule has 0 N–H and O–H groups in total. The lowest BCUT2D eigenvalue weighted by Crippen LogP contribution is -2.38. The van der Waals surface area contributed by atoms with Gasteiger partial charge in [-0.25, -0.2) is 4.98 Å². The van der Waals surface area contributed by atoms with Crippen LogP contribution in [0.3, 0.4) is 0 Å². The maximum absolute atomic E-state index is 12.8. The highest BCUT2D eigenvalue weighted by molar-refractivity contribution is 7.09. The van der Waals surface area contributed by atoms with Gasteiger partial charge in [-0.2, -0.15) is 0 Å². The summed E-state index contributed by atoms with van der Waals surface area (Å²) in [5.41, 5.74) is 2.86. The number of thiazole rings is 1. The molecule has 0 saturated carbocycles. The molecule has 0 radical (unpaired) electrons. The largest absolute Gasteiger partial charge is 0.310 e. The van der Waals surface area contributed by atoms with Crippen molar-refractivity contribution < 1.29 is 4.79 Å². The number of anilines is 1. The molecule has 1 heterocycles. The molecule has 134 valence electrons. The summed E-state index contributed by atoms with van der Waals surface area (Å²) in [7, 11) is 0. The van der Waals surface area contributed by atoms with Gasteiger partial charge in [-0.1, -0.05) is 41.9 Å². The van der Waals surface area contributed by atoms with E-state index < -0.39 is 0 Å². The molecule has 26 heavy (non-hydrogen) atoms. The van der Waals surface area contributed by atoms with Gasteiger partial charge in [-0.3, -0.25) is 4.79 Å². The van der Waals surface area contributed by atoms with Crippen LogP contribution in [0.1, 0.15) is 30.1 Å². The molecule has 1 aromatic heterocycles. The molecule has 0 bridgehead atoms. The molecule has 0 spiro atoms. The van der Waals surface area contributed by atoms with Crippen LogP contribution in [-0.4, -0.2) is 16.9 Å². The maximum atomic E-state index is 12.8. The molecular formula is C21H21ClN2OS. The van der Waals surface area contributed by atoms with Crippen LogP contribution < -0.4 is 4.90 Å². The Morgan fingerprint density at radius 3 is 2.62 bits per heavy atom. The first-order chi connectivity index (χ1) is 12.5. The third-order valence-corrected chi connectivity index (χ3v) is 5.13. The van der Waals surface area contributed by atoms with Gasteiger partial charge in [-0.05, 0) is 43.7 Å². The molecule has 0 unspecified atom stereocenters. The van der Waals surface area contributed by atoms with Gasteiger partial charge in [0.2, 0.25) is 5.91 Å². The molecule has 3 rings (SSSR count). The fourth-order valence-corrected chi connectivity index (χ4v) is 3.93. The minimum absolute atomic E-state index is 0.0609. The van der Waals surface area contributed by atoms with Gasteiger partial charge >= 0.3 is 0 Å². The number of rotatable bonds is 6. The molecule has 3 aromatic rings. The van der Waals surface area contributed by atoms with Crippen molar-refractivity contribution in [3.8, 4) is 0 Å². The van der Waals surface area contributed by atoms with Crippen LogP contribution in [0.2, 0.25) is 5.02 Å². The predicted octanol–water partition coefficient (Wildman–Crippen LogP) is 5.37. The van der Waals surface area contributed by atoms with Gasteiger partial charge in [0.1, 0.15) is 0 Å². The van der Waals surface area contributed by atoms with Crippen molar-refractivity contribution in [1.29, 1.82) is 0 Å². The van der Waals surface area contributed by atoms with Gasteiger partial charge < -0.3 is 4.90 Å². The molecule has 5 heteroatoms. The first kappa shape index (κ1) is 18.6. The average molecular weight is 385 g/mol. The molecular weight excluding hydrogens is 364 g/mol. The number of nitrogens with zero attached hydrogens (tertiary/aromatic N) is 2. The zero-order chi connectivity index (χ0) is 18.5. The Balaban J connectivity index is 1.70. The highest BCUT2D eigenvalue weighted by Crippen LogP contribution is 2.21. The quantitative estimate of drug-likeness (QED) is 0.572. The number of carbonyl (C=O) groups is 1. The average Bonchev–Trinajstić information content (AvgIpc) is 3.02. The van der Waals surface area contributed by atoms with E-state index in [0.29, 0.717) is 6.42 Å². The third kappa shape index (κ3) is 4.71. The van der Waals surface area contributed by atoms with Crippen molar-refractivity contribution >= 4 is 34.5 Å². The van der Waals surface area contributed by atoms with E-state index in [9.17, 15) is 4.79 Å². The second-order valence-corrected chi connectivity index (χ2v) is 7.79. The van der Waals surface area contributed by atoms with Crippen LogP contribution in [0.25, 0.3) is 0 Å². The molecule has 0 aliphatic rings. The fourth-order valence-electron chi connectivity index (χ4n) is 2.89. The number of aromatic nitrogens is 1. The second kappa shape index (κ2) is 8.47. The Hall–Kier alpha value is -2.17. The summed E-state index contributed by atoms with van der Waals surface area (Å²) in [4.78, 5) is 19.3. The highest BCUT2D eigenvalue weighted by Gasteiger charge is 2.20. The normalized spacial score (nSPS) is 10.9. The van der Waals surface area contributed by atoms with E-state index in [1.807, 2.05) is 78.7 Å². The van der Waals surface area contributed by atoms with Crippen LogP contribution >= 0.6 is 22.9 Å². The molecule has 1 amide bonds. The Morgan fingerprint density at radius 2 is 1.92 bits per heavy atom. The summed E-state index contributed by atoms with van der Waals surface area (Å²) in [6.45, 7) is 4.05. The number of amides is 1. The highest BCUT2D eigenvalue weighted by atomic mass is 35.5. The van der Waals surface area contributed by atoms with Crippen molar-refractivity contribution in [1.82, 2.24) is 4.98 Å². The Bertz CT molecular complexity index is 876. The van der Waals surface area contributed by atoms with E-state index in [0.717, 1.165) is 33.4 Å².